The van der Waals surface area contributed by atoms with Crippen molar-refractivity contribution in [2.24, 2.45) is 0 Å². The third-order valence-corrected chi connectivity index (χ3v) is 0.144. The first-order chi connectivity index (χ1) is 1.91. The van der Waals surface area contributed by atoms with Crippen LogP contribution in [-0.2, 0) is 0 Å². The second-order valence-electron chi connectivity index (χ2n) is 0.408. The van der Waals surface area contributed by atoms with Gasteiger partial charge in [0.25, 0.3) is 0 Å². The minimum absolute atomic E-state index is 0. The first kappa shape index (κ1) is 24.8. The zero-order valence-corrected chi connectivity index (χ0v) is 7.76. The van der Waals surface area contributed by atoms with E-state index in [9.17, 15) is 0 Å². The van der Waals surface area contributed by atoms with Crippen molar-refractivity contribution in [1.29, 1.82) is 0 Å². The quantitative estimate of drug-likeness (QED) is 0.320. The van der Waals surface area contributed by atoms with Crippen LogP contribution in [0.25, 0.3) is 0 Å². The topological polar surface area (TPSA) is 0 Å². The van der Waals surface area contributed by atoms with Crippen molar-refractivity contribution >= 4 is 24.4 Å². The fraction of sp³-hybridized carbons (Fsp3) is 0. The van der Waals surface area contributed by atoms with Gasteiger partial charge in [0.05, 0.1) is 0 Å². The maximum atomic E-state index is 3.31. The summed E-state index contributed by atoms with van der Waals surface area (Å²) >= 11 is 0. The van der Waals surface area contributed by atoms with Gasteiger partial charge in [-0.15, -0.1) is 0 Å². The van der Waals surface area contributed by atoms with Crippen LogP contribution in [0.4, 0.5) is 0 Å². The molecule has 0 aliphatic heterocycles. The first-order valence-corrected chi connectivity index (χ1v) is 1.05. The summed E-state index contributed by atoms with van der Waals surface area (Å²) in [6.07, 6.45) is 3.96. The molecule has 0 bridgehead atoms. The van der Waals surface area contributed by atoms with Crippen LogP contribution in [0, 0.1) is 6.08 Å². The van der Waals surface area contributed by atoms with E-state index in [2.05, 4.69) is 19.2 Å². The Labute approximate surface area is 74.3 Å². The fourth-order valence-corrected chi connectivity index (χ4v) is 0. The van der Waals surface area contributed by atoms with Crippen LogP contribution in [-0.4, -0.2) is 24.4 Å². The molecule has 0 heterocycles. The molecular formula is C4H5Cl2Sb-2. The molecule has 0 aliphatic rings. The van der Waals surface area contributed by atoms with Gasteiger partial charge in [-0.3, -0.25) is 0 Å². The Hall–Kier alpha value is 0.878. The van der Waals surface area contributed by atoms with E-state index in [1.165, 1.54) is 6.08 Å². The summed E-state index contributed by atoms with van der Waals surface area (Å²) in [5.41, 5.74) is 0. The maximum absolute atomic E-state index is 3.31. The molecule has 0 aromatic carbocycles. The molecule has 0 atom stereocenters. The SMILES string of the molecule is C=[C]C=C.[Cl-].[Cl-].[Sb]. The number of hydrogen-bond donors (Lipinski definition) is 0. The molecule has 0 saturated heterocycles. The van der Waals surface area contributed by atoms with Crippen LogP contribution in [0.5, 0.6) is 0 Å². The summed E-state index contributed by atoms with van der Waals surface area (Å²) in [7, 11) is 0. The van der Waals surface area contributed by atoms with Gasteiger partial charge in [0, 0.05) is 24.4 Å². The first-order valence-electron chi connectivity index (χ1n) is 1.05. The van der Waals surface area contributed by atoms with Crippen molar-refractivity contribution < 1.29 is 24.8 Å². The third-order valence-electron chi connectivity index (χ3n) is 0.144. The van der Waals surface area contributed by atoms with Gasteiger partial charge in [0.15, 0.2) is 0 Å². The van der Waals surface area contributed by atoms with Crippen molar-refractivity contribution in [3.8, 4) is 0 Å². The normalized spacial score (nSPS) is 2.86. The minimum atomic E-state index is 0. The van der Waals surface area contributed by atoms with E-state index in [4.69, 9.17) is 0 Å². The molecule has 0 aliphatic carbocycles. The second-order valence-corrected chi connectivity index (χ2v) is 0.408. The number of hydrogen-bond acceptors (Lipinski definition) is 0. The maximum Gasteiger partial charge on any atom is 0 e. The molecule has 0 N–H and O–H groups in total. The zero-order chi connectivity index (χ0) is 3.41. The van der Waals surface area contributed by atoms with Crippen LogP contribution in [0.15, 0.2) is 19.2 Å². The van der Waals surface area contributed by atoms with Crippen molar-refractivity contribution in [2.45, 2.75) is 0 Å². The molecule has 0 nitrogen and oxygen atoms in total. The Morgan fingerprint density at radius 1 is 1.29 bits per heavy atom. The van der Waals surface area contributed by atoms with Crippen LogP contribution in [0.1, 0.15) is 0 Å². The van der Waals surface area contributed by atoms with Crippen molar-refractivity contribution in [3.05, 3.63) is 25.3 Å². The van der Waals surface area contributed by atoms with E-state index >= 15 is 0 Å². The Bertz CT molecular complexity index is 30.7. The van der Waals surface area contributed by atoms with Gasteiger partial charge in [-0.1, -0.05) is 19.2 Å². The zero-order valence-electron chi connectivity index (χ0n) is 3.69. The molecule has 0 saturated carbocycles. The molecule has 0 unspecified atom stereocenters. The second kappa shape index (κ2) is 28.7. The van der Waals surface area contributed by atoms with E-state index in [0.717, 1.165) is 0 Å². The van der Waals surface area contributed by atoms with E-state index in [0.29, 0.717) is 0 Å². The van der Waals surface area contributed by atoms with Crippen molar-refractivity contribution in [2.75, 3.05) is 0 Å². The average molecular weight is 246 g/mol. The Morgan fingerprint density at radius 3 is 1.43 bits per heavy atom. The molecule has 0 aromatic rings. The smallest absolute Gasteiger partial charge is 0 e. The van der Waals surface area contributed by atoms with Crippen LogP contribution in [0.2, 0.25) is 0 Å². The van der Waals surface area contributed by atoms with Gasteiger partial charge < -0.3 is 24.8 Å². The fourth-order valence-electron chi connectivity index (χ4n) is 0. The van der Waals surface area contributed by atoms with Gasteiger partial charge in [0.2, 0.25) is 0 Å². The molecule has 0 amide bonds. The standard InChI is InChI=1S/C4H5.2ClH.Sb/c1-3-4-2;;;/h3H,1-2H2;2*1H;/p-2. The van der Waals surface area contributed by atoms with E-state index in [1.807, 2.05) is 0 Å². The Balaban J connectivity index is -0.0000000150. The van der Waals surface area contributed by atoms with Gasteiger partial charge in [-0.05, 0) is 6.08 Å². The molecule has 0 rings (SSSR count). The monoisotopic (exact) mass is 244 g/mol. The van der Waals surface area contributed by atoms with Gasteiger partial charge in [-0.2, -0.15) is 0 Å². The van der Waals surface area contributed by atoms with Crippen LogP contribution in [0.3, 0.4) is 0 Å². The van der Waals surface area contributed by atoms with Crippen LogP contribution >= 0.6 is 0 Å². The predicted octanol–water partition coefficient (Wildman–Crippen LogP) is -5.21. The molecule has 7 heavy (non-hydrogen) atoms. The van der Waals surface area contributed by atoms with Crippen LogP contribution < -0.4 is 24.8 Å². The summed E-state index contributed by atoms with van der Waals surface area (Å²) < 4.78 is 0. The third kappa shape index (κ3) is 46.4. The molecule has 42 valence electrons. The molecule has 0 fully saturated rings. The Morgan fingerprint density at radius 2 is 1.43 bits per heavy atom. The molecule has 4 radical (unpaired) electrons. The predicted molar refractivity (Wildman–Crippen MR) is 24.8 cm³/mol. The molecular weight excluding hydrogens is 241 g/mol. The minimum Gasteiger partial charge on any atom is -1.00 e. The molecule has 0 aromatic heterocycles. The number of halogens is 2. The van der Waals surface area contributed by atoms with E-state index < -0.39 is 0 Å². The van der Waals surface area contributed by atoms with Gasteiger partial charge >= 0.3 is 0 Å². The summed E-state index contributed by atoms with van der Waals surface area (Å²) in [6, 6.07) is 0. The average Bonchev–Trinajstić information content (AvgIpc) is 1.37. The summed E-state index contributed by atoms with van der Waals surface area (Å²) in [4.78, 5) is 0. The molecule has 3 heteroatoms. The largest absolute Gasteiger partial charge is 1.00 e. The molecule has 0 spiro atoms. The summed E-state index contributed by atoms with van der Waals surface area (Å²) in [5.74, 6) is 0. The summed E-state index contributed by atoms with van der Waals surface area (Å²) in [6.45, 7) is 6.54. The van der Waals surface area contributed by atoms with Crippen molar-refractivity contribution in [1.82, 2.24) is 0 Å². The van der Waals surface area contributed by atoms with E-state index in [-0.39, 0.29) is 49.2 Å². The van der Waals surface area contributed by atoms with Gasteiger partial charge in [-0.25, -0.2) is 0 Å². The van der Waals surface area contributed by atoms with E-state index in [1.54, 1.807) is 0 Å². The number of allylic oxidation sites excluding steroid dienone is 2. The summed E-state index contributed by atoms with van der Waals surface area (Å²) in [5, 5.41) is 0. The van der Waals surface area contributed by atoms with Crippen molar-refractivity contribution in [3.63, 3.8) is 0 Å². The Kier molecular flexibility index (Phi) is 102. The van der Waals surface area contributed by atoms with Gasteiger partial charge in [0.1, 0.15) is 0 Å². The number of rotatable bonds is 1.